The predicted molar refractivity (Wildman–Crippen MR) is 90.9 cm³/mol. The van der Waals surface area contributed by atoms with Gasteiger partial charge in [0.05, 0.1) is 11.6 Å². The molecule has 1 aliphatic rings. The monoisotopic (exact) mass is 321 g/mol. The van der Waals surface area contributed by atoms with Crippen LogP contribution in [0.25, 0.3) is 0 Å². The lowest BCUT2D eigenvalue weighted by atomic mass is 10.2. The van der Waals surface area contributed by atoms with Crippen LogP contribution >= 0.6 is 0 Å². The van der Waals surface area contributed by atoms with Crippen LogP contribution in [0.15, 0.2) is 30.3 Å². The van der Waals surface area contributed by atoms with Crippen LogP contribution in [0.2, 0.25) is 0 Å². The van der Waals surface area contributed by atoms with Gasteiger partial charge >= 0.3 is 0 Å². The van der Waals surface area contributed by atoms with Gasteiger partial charge in [0.2, 0.25) is 5.95 Å². The fourth-order valence-corrected chi connectivity index (χ4v) is 2.87. The average molecular weight is 321 g/mol. The zero-order valence-electron chi connectivity index (χ0n) is 13.5. The topological polar surface area (TPSA) is 90.7 Å². The molecule has 1 saturated carbocycles. The fourth-order valence-electron chi connectivity index (χ4n) is 2.87. The lowest BCUT2D eigenvalue weighted by molar-refractivity contribution is 0.0932. The first-order valence-electron chi connectivity index (χ1n) is 8.08. The maximum atomic E-state index is 12.4. The molecule has 2 aromatic rings. The van der Waals surface area contributed by atoms with Crippen molar-refractivity contribution in [2.45, 2.75) is 38.6 Å². The first kappa shape index (κ1) is 15.9. The number of aryl methyl sites for hydroxylation is 1. The Morgan fingerprint density at radius 2 is 2.04 bits per heavy atom. The highest BCUT2D eigenvalue weighted by atomic mass is 16.1. The van der Waals surface area contributed by atoms with Crippen LogP contribution in [0.4, 0.5) is 11.6 Å². The summed E-state index contributed by atoms with van der Waals surface area (Å²) in [4.78, 5) is 21.0. The van der Waals surface area contributed by atoms with Crippen molar-refractivity contribution in [1.82, 2.24) is 15.3 Å². The van der Waals surface area contributed by atoms with Crippen LogP contribution in [-0.2, 0) is 0 Å². The molecule has 0 bridgehead atoms. The van der Waals surface area contributed by atoms with Crippen LogP contribution in [0.3, 0.4) is 0 Å². The van der Waals surface area contributed by atoms with Crippen molar-refractivity contribution >= 4 is 17.5 Å². The van der Waals surface area contributed by atoms with Crippen molar-refractivity contribution in [3.05, 3.63) is 47.3 Å². The van der Waals surface area contributed by atoms with E-state index in [-0.39, 0.29) is 11.9 Å². The van der Waals surface area contributed by atoms with Gasteiger partial charge in [0.15, 0.2) is 0 Å². The van der Waals surface area contributed by atoms with Gasteiger partial charge in [-0.15, -0.1) is 0 Å². The molecule has 1 aromatic heterocycles. The molecule has 1 aromatic carbocycles. The van der Waals surface area contributed by atoms with Crippen LogP contribution in [0.5, 0.6) is 0 Å². The van der Waals surface area contributed by atoms with Crippen LogP contribution in [0.1, 0.15) is 47.4 Å². The lowest BCUT2D eigenvalue weighted by Crippen LogP contribution is -2.33. The minimum atomic E-state index is -0.166. The second-order valence-corrected chi connectivity index (χ2v) is 5.99. The SMILES string of the molecule is Cc1cc(C(=O)NC2CCCC2)nc(Nc2cccc(C#N)c2)n1. The van der Waals surface area contributed by atoms with Gasteiger partial charge < -0.3 is 10.6 Å². The molecule has 2 N–H and O–H groups in total. The molecule has 1 amide bonds. The second-order valence-electron chi connectivity index (χ2n) is 5.99. The van der Waals surface area contributed by atoms with E-state index in [1.54, 1.807) is 24.3 Å². The predicted octanol–water partition coefficient (Wildman–Crippen LogP) is 3.07. The van der Waals surface area contributed by atoms with Crippen LogP contribution in [-0.4, -0.2) is 21.9 Å². The number of hydrogen-bond donors (Lipinski definition) is 2. The Morgan fingerprint density at radius 1 is 1.25 bits per heavy atom. The number of nitrogens with zero attached hydrogens (tertiary/aromatic N) is 3. The first-order valence-corrected chi connectivity index (χ1v) is 8.08. The minimum Gasteiger partial charge on any atom is -0.348 e. The Morgan fingerprint density at radius 3 is 2.79 bits per heavy atom. The summed E-state index contributed by atoms with van der Waals surface area (Å²) in [6, 6.07) is 11.1. The third kappa shape index (κ3) is 3.87. The number of benzene rings is 1. The van der Waals surface area contributed by atoms with Gasteiger partial charge in [0.1, 0.15) is 5.69 Å². The quantitative estimate of drug-likeness (QED) is 0.903. The van der Waals surface area contributed by atoms with Gasteiger partial charge in [-0.1, -0.05) is 18.9 Å². The molecular formula is C18H19N5O. The highest BCUT2D eigenvalue weighted by molar-refractivity contribution is 5.92. The van der Waals surface area contributed by atoms with E-state index in [2.05, 4.69) is 26.7 Å². The number of carbonyl (C=O) groups is 1. The molecule has 1 fully saturated rings. The molecule has 6 heteroatoms. The smallest absolute Gasteiger partial charge is 0.270 e. The summed E-state index contributed by atoms with van der Waals surface area (Å²) in [5, 5.41) is 15.0. The Balaban J connectivity index is 1.77. The third-order valence-corrected chi connectivity index (χ3v) is 4.03. The van der Waals surface area contributed by atoms with Crippen molar-refractivity contribution in [1.29, 1.82) is 5.26 Å². The number of anilines is 2. The van der Waals surface area contributed by atoms with Crippen molar-refractivity contribution in [3.63, 3.8) is 0 Å². The summed E-state index contributed by atoms with van der Waals surface area (Å²) < 4.78 is 0. The van der Waals surface area contributed by atoms with Gasteiger partial charge in [-0.05, 0) is 44.0 Å². The Hall–Kier alpha value is -2.94. The standard InChI is InChI=1S/C18H19N5O/c1-12-9-16(17(24)21-14-6-2-3-7-14)23-18(20-12)22-15-8-4-5-13(10-15)11-19/h4-5,8-10,14H,2-3,6-7H2,1H3,(H,21,24)(H,20,22,23). The van der Waals surface area contributed by atoms with E-state index in [0.717, 1.165) is 25.7 Å². The van der Waals surface area contributed by atoms with Gasteiger partial charge in [-0.25, -0.2) is 9.97 Å². The number of aromatic nitrogens is 2. The first-order chi connectivity index (χ1) is 11.6. The summed E-state index contributed by atoms with van der Waals surface area (Å²) in [6.07, 6.45) is 4.38. The Bertz CT molecular complexity index is 790. The van der Waals surface area contributed by atoms with Gasteiger partial charge in [0, 0.05) is 17.4 Å². The number of hydrogen-bond acceptors (Lipinski definition) is 5. The molecule has 0 aliphatic heterocycles. The van der Waals surface area contributed by atoms with Crippen molar-refractivity contribution in [2.24, 2.45) is 0 Å². The Kier molecular flexibility index (Phi) is 4.71. The largest absolute Gasteiger partial charge is 0.348 e. The summed E-state index contributed by atoms with van der Waals surface area (Å²) in [5.74, 6) is 0.183. The summed E-state index contributed by atoms with van der Waals surface area (Å²) in [7, 11) is 0. The maximum Gasteiger partial charge on any atom is 0.270 e. The summed E-state index contributed by atoms with van der Waals surface area (Å²) >= 11 is 0. The van der Waals surface area contributed by atoms with Crippen molar-refractivity contribution < 1.29 is 4.79 Å². The Labute approximate surface area is 140 Å². The van der Waals surface area contributed by atoms with E-state index < -0.39 is 0 Å². The number of nitriles is 1. The fraction of sp³-hybridized carbons (Fsp3) is 0.333. The molecule has 0 unspecified atom stereocenters. The minimum absolute atomic E-state index is 0.166. The van der Waals surface area contributed by atoms with E-state index in [1.807, 2.05) is 13.0 Å². The van der Waals surface area contributed by atoms with E-state index in [4.69, 9.17) is 5.26 Å². The maximum absolute atomic E-state index is 12.4. The number of amides is 1. The zero-order valence-corrected chi connectivity index (χ0v) is 13.5. The van der Waals surface area contributed by atoms with Crippen LogP contribution < -0.4 is 10.6 Å². The highest BCUT2D eigenvalue weighted by Gasteiger charge is 2.19. The third-order valence-electron chi connectivity index (χ3n) is 4.03. The number of rotatable bonds is 4. The van der Waals surface area contributed by atoms with E-state index >= 15 is 0 Å². The lowest BCUT2D eigenvalue weighted by Gasteiger charge is -2.12. The van der Waals surface area contributed by atoms with E-state index in [9.17, 15) is 4.79 Å². The zero-order chi connectivity index (χ0) is 16.9. The number of nitrogens with one attached hydrogen (secondary N) is 2. The molecule has 1 aliphatic carbocycles. The van der Waals surface area contributed by atoms with Crippen LogP contribution in [0, 0.1) is 18.3 Å². The molecule has 0 atom stereocenters. The normalized spacial score (nSPS) is 14.2. The highest BCUT2D eigenvalue weighted by Crippen LogP contribution is 2.19. The summed E-state index contributed by atoms with van der Waals surface area (Å²) in [5.41, 5.74) is 2.32. The van der Waals surface area contributed by atoms with Gasteiger partial charge in [0.25, 0.3) is 5.91 Å². The van der Waals surface area contributed by atoms with Gasteiger partial charge in [-0.3, -0.25) is 4.79 Å². The van der Waals surface area contributed by atoms with E-state index in [1.165, 1.54) is 0 Å². The molecule has 0 spiro atoms. The van der Waals surface area contributed by atoms with Crippen molar-refractivity contribution in [2.75, 3.05) is 5.32 Å². The molecule has 24 heavy (non-hydrogen) atoms. The van der Waals surface area contributed by atoms with Gasteiger partial charge in [-0.2, -0.15) is 5.26 Å². The average Bonchev–Trinajstić information content (AvgIpc) is 3.07. The molecule has 1 heterocycles. The number of carbonyl (C=O) groups excluding carboxylic acids is 1. The van der Waals surface area contributed by atoms with Crippen molar-refractivity contribution in [3.8, 4) is 6.07 Å². The van der Waals surface area contributed by atoms with E-state index in [0.29, 0.717) is 28.6 Å². The molecule has 122 valence electrons. The summed E-state index contributed by atoms with van der Waals surface area (Å²) in [6.45, 7) is 1.82. The molecule has 0 radical (unpaired) electrons. The second kappa shape index (κ2) is 7.09. The molecule has 6 nitrogen and oxygen atoms in total. The molecule has 3 rings (SSSR count). The molecule has 0 saturated heterocycles. The molecular weight excluding hydrogens is 302 g/mol.